The number of carboxylic acid groups (broad SMARTS) is 1. The number of hydrogen-bond donors (Lipinski definition) is 1. The lowest BCUT2D eigenvalue weighted by Crippen LogP contribution is -2.00. The summed E-state index contributed by atoms with van der Waals surface area (Å²) in [5.74, 6) is -0.562. The molecule has 0 amide bonds. The van der Waals surface area contributed by atoms with Crippen LogP contribution in [0.15, 0.2) is 29.3 Å². The van der Waals surface area contributed by atoms with Gasteiger partial charge in [0.15, 0.2) is 5.76 Å². The van der Waals surface area contributed by atoms with Crippen molar-refractivity contribution < 1.29 is 14.4 Å². The van der Waals surface area contributed by atoms with E-state index < -0.39 is 5.97 Å². The normalized spacial score (nSPS) is 10.1. The van der Waals surface area contributed by atoms with Crippen molar-refractivity contribution >= 4 is 5.97 Å². The average molecular weight is 205 g/mol. The number of aliphatic carboxylic acids is 1. The SMILES string of the molecule is O=C(O)Cc1cnoc1-c1ccncn1. The summed E-state index contributed by atoms with van der Waals surface area (Å²) in [4.78, 5) is 18.3. The summed E-state index contributed by atoms with van der Waals surface area (Å²) in [6.07, 6.45) is 4.16. The van der Waals surface area contributed by atoms with Crippen molar-refractivity contribution in [2.75, 3.05) is 0 Å². The maximum atomic E-state index is 10.5. The molecule has 0 aromatic carbocycles. The molecule has 0 saturated heterocycles. The van der Waals surface area contributed by atoms with Gasteiger partial charge in [-0.3, -0.25) is 4.79 Å². The Bertz CT molecular complexity index is 466. The topological polar surface area (TPSA) is 89.1 Å². The van der Waals surface area contributed by atoms with E-state index in [9.17, 15) is 4.79 Å². The van der Waals surface area contributed by atoms with Crippen LogP contribution in [0.5, 0.6) is 0 Å². The highest BCUT2D eigenvalue weighted by Crippen LogP contribution is 2.20. The van der Waals surface area contributed by atoms with Gasteiger partial charge in [-0.15, -0.1) is 0 Å². The lowest BCUT2D eigenvalue weighted by molar-refractivity contribution is -0.136. The molecule has 0 unspecified atom stereocenters. The molecule has 0 fully saturated rings. The molecule has 0 radical (unpaired) electrons. The predicted molar refractivity (Wildman–Crippen MR) is 48.9 cm³/mol. The van der Waals surface area contributed by atoms with Crippen LogP contribution in [0.2, 0.25) is 0 Å². The Balaban J connectivity index is 2.37. The number of hydrogen-bond acceptors (Lipinski definition) is 5. The second-order valence-corrected chi connectivity index (χ2v) is 2.85. The first-order valence-electron chi connectivity index (χ1n) is 4.19. The minimum Gasteiger partial charge on any atom is -0.481 e. The molecule has 0 spiro atoms. The van der Waals surface area contributed by atoms with Crippen LogP contribution < -0.4 is 0 Å². The highest BCUT2D eigenvalue weighted by molar-refractivity contribution is 5.73. The molecule has 0 saturated carbocycles. The van der Waals surface area contributed by atoms with E-state index in [-0.39, 0.29) is 6.42 Å². The second kappa shape index (κ2) is 3.87. The molecule has 76 valence electrons. The number of carboxylic acids is 1. The van der Waals surface area contributed by atoms with Crippen LogP contribution >= 0.6 is 0 Å². The van der Waals surface area contributed by atoms with E-state index in [0.29, 0.717) is 17.0 Å². The summed E-state index contributed by atoms with van der Waals surface area (Å²) in [5.41, 5.74) is 1.03. The lowest BCUT2D eigenvalue weighted by Gasteiger charge is -1.96. The van der Waals surface area contributed by atoms with Gasteiger partial charge in [-0.2, -0.15) is 0 Å². The number of nitrogens with zero attached hydrogens (tertiary/aromatic N) is 3. The van der Waals surface area contributed by atoms with Crippen LogP contribution in [-0.4, -0.2) is 26.2 Å². The van der Waals surface area contributed by atoms with Crippen molar-refractivity contribution in [2.24, 2.45) is 0 Å². The molecular formula is C9H7N3O3. The van der Waals surface area contributed by atoms with Crippen molar-refractivity contribution in [3.8, 4) is 11.5 Å². The number of aromatic nitrogens is 3. The Morgan fingerprint density at radius 1 is 1.53 bits per heavy atom. The predicted octanol–water partition coefficient (Wildman–Crippen LogP) is 0.759. The Morgan fingerprint density at radius 2 is 2.40 bits per heavy atom. The van der Waals surface area contributed by atoms with E-state index in [1.807, 2.05) is 0 Å². The first-order chi connectivity index (χ1) is 7.27. The second-order valence-electron chi connectivity index (χ2n) is 2.85. The van der Waals surface area contributed by atoms with E-state index in [4.69, 9.17) is 9.63 Å². The van der Waals surface area contributed by atoms with Crippen LogP contribution in [0.1, 0.15) is 5.56 Å². The molecule has 0 aliphatic rings. The summed E-state index contributed by atoms with van der Waals surface area (Å²) in [6, 6.07) is 1.63. The van der Waals surface area contributed by atoms with E-state index >= 15 is 0 Å². The van der Waals surface area contributed by atoms with Crippen LogP contribution in [0.4, 0.5) is 0 Å². The third-order valence-corrected chi connectivity index (χ3v) is 1.80. The van der Waals surface area contributed by atoms with Crippen LogP contribution in [-0.2, 0) is 11.2 Å². The summed E-state index contributed by atoms with van der Waals surface area (Å²) >= 11 is 0. The van der Waals surface area contributed by atoms with Gasteiger partial charge >= 0.3 is 5.97 Å². The van der Waals surface area contributed by atoms with Crippen molar-refractivity contribution in [3.63, 3.8) is 0 Å². The first kappa shape index (κ1) is 9.32. The fraction of sp³-hybridized carbons (Fsp3) is 0.111. The molecule has 6 nitrogen and oxygen atoms in total. The van der Waals surface area contributed by atoms with E-state index in [2.05, 4.69) is 15.1 Å². The highest BCUT2D eigenvalue weighted by atomic mass is 16.5. The van der Waals surface area contributed by atoms with Gasteiger partial charge in [0.05, 0.1) is 12.6 Å². The zero-order valence-corrected chi connectivity index (χ0v) is 7.62. The van der Waals surface area contributed by atoms with E-state index in [1.165, 1.54) is 12.5 Å². The Labute approximate surface area is 84.6 Å². The maximum absolute atomic E-state index is 10.5. The zero-order valence-electron chi connectivity index (χ0n) is 7.62. The Morgan fingerprint density at radius 3 is 3.07 bits per heavy atom. The highest BCUT2D eigenvalue weighted by Gasteiger charge is 2.14. The lowest BCUT2D eigenvalue weighted by atomic mass is 10.1. The third kappa shape index (κ3) is 1.98. The molecule has 1 N–H and O–H groups in total. The van der Waals surface area contributed by atoms with Gasteiger partial charge in [0, 0.05) is 11.8 Å². The van der Waals surface area contributed by atoms with Crippen LogP contribution in [0.3, 0.4) is 0 Å². The third-order valence-electron chi connectivity index (χ3n) is 1.80. The summed E-state index contributed by atoms with van der Waals surface area (Å²) in [7, 11) is 0. The standard InChI is InChI=1S/C9H7N3O3/c13-8(14)3-6-4-12-15-9(6)7-1-2-10-5-11-7/h1-2,4-5H,3H2,(H,13,14). The molecule has 15 heavy (non-hydrogen) atoms. The van der Waals surface area contributed by atoms with E-state index in [0.717, 1.165) is 0 Å². The molecular weight excluding hydrogens is 198 g/mol. The molecule has 0 aliphatic heterocycles. The average Bonchev–Trinajstić information content (AvgIpc) is 2.66. The molecule has 0 atom stereocenters. The van der Waals surface area contributed by atoms with Gasteiger partial charge in [0.1, 0.15) is 12.0 Å². The van der Waals surface area contributed by atoms with Crippen molar-refractivity contribution in [1.82, 2.24) is 15.1 Å². The molecule has 0 bridgehead atoms. The van der Waals surface area contributed by atoms with Gasteiger partial charge in [0.25, 0.3) is 0 Å². The summed E-state index contributed by atoms with van der Waals surface area (Å²) in [5, 5.41) is 12.2. The fourth-order valence-electron chi connectivity index (χ4n) is 1.19. The fourth-order valence-corrected chi connectivity index (χ4v) is 1.19. The van der Waals surface area contributed by atoms with Gasteiger partial charge in [-0.1, -0.05) is 5.16 Å². The van der Waals surface area contributed by atoms with Gasteiger partial charge in [0.2, 0.25) is 0 Å². The zero-order chi connectivity index (χ0) is 10.7. The molecule has 0 aliphatic carbocycles. The summed E-state index contributed by atoms with van der Waals surface area (Å²) in [6.45, 7) is 0. The van der Waals surface area contributed by atoms with Crippen molar-refractivity contribution in [3.05, 3.63) is 30.4 Å². The van der Waals surface area contributed by atoms with Gasteiger partial charge < -0.3 is 9.63 Å². The molecule has 6 heteroatoms. The van der Waals surface area contributed by atoms with E-state index in [1.54, 1.807) is 12.3 Å². The Kier molecular flexibility index (Phi) is 2.40. The first-order valence-corrected chi connectivity index (χ1v) is 4.19. The number of carbonyl (C=O) groups is 1. The molecule has 2 aromatic heterocycles. The van der Waals surface area contributed by atoms with Crippen LogP contribution in [0.25, 0.3) is 11.5 Å². The van der Waals surface area contributed by atoms with Crippen molar-refractivity contribution in [2.45, 2.75) is 6.42 Å². The summed E-state index contributed by atoms with van der Waals surface area (Å²) < 4.78 is 4.95. The van der Waals surface area contributed by atoms with Gasteiger partial charge in [-0.25, -0.2) is 9.97 Å². The smallest absolute Gasteiger partial charge is 0.308 e. The largest absolute Gasteiger partial charge is 0.481 e. The minimum absolute atomic E-state index is 0.136. The monoisotopic (exact) mass is 205 g/mol. The van der Waals surface area contributed by atoms with Crippen LogP contribution in [0, 0.1) is 0 Å². The number of rotatable bonds is 3. The van der Waals surface area contributed by atoms with Crippen molar-refractivity contribution in [1.29, 1.82) is 0 Å². The quantitative estimate of drug-likeness (QED) is 0.795. The molecule has 2 aromatic rings. The van der Waals surface area contributed by atoms with Gasteiger partial charge in [-0.05, 0) is 6.07 Å². The maximum Gasteiger partial charge on any atom is 0.308 e. The molecule has 2 heterocycles. The minimum atomic E-state index is -0.937. The molecule has 2 rings (SSSR count). The Hall–Kier alpha value is -2.24.